The lowest BCUT2D eigenvalue weighted by atomic mass is 10.1. The van der Waals surface area contributed by atoms with Gasteiger partial charge in [0, 0.05) is 6.42 Å². The Labute approximate surface area is 92.8 Å². The standard InChI is InChI=1S/C9H10.C5H10O/c1-8(2)9-6-4-3-5-7-9;1-3-4-5(2)6/h3-7H,1H2,2H3;3-4H2,1-2H3. The first-order chi connectivity index (χ1) is 7.07. The van der Waals surface area contributed by atoms with Crippen LogP contribution in [0.1, 0.15) is 39.2 Å². The summed E-state index contributed by atoms with van der Waals surface area (Å²) in [6.07, 6.45) is 1.72. The highest BCUT2D eigenvalue weighted by atomic mass is 16.1. The molecule has 0 aromatic heterocycles. The Hall–Kier alpha value is -1.37. The number of benzene rings is 1. The zero-order valence-corrected chi connectivity index (χ0v) is 9.92. The third-order valence-corrected chi connectivity index (χ3v) is 1.87. The van der Waals surface area contributed by atoms with Gasteiger partial charge in [0.05, 0.1) is 0 Å². The molecule has 15 heavy (non-hydrogen) atoms. The van der Waals surface area contributed by atoms with Gasteiger partial charge in [-0.05, 0) is 25.8 Å². The van der Waals surface area contributed by atoms with Crippen molar-refractivity contribution in [2.75, 3.05) is 0 Å². The van der Waals surface area contributed by atoms with E-state index in [0.29, 0.717) is 0 Å². The van der Waals surface area contributed by atoms with Gasteiger partial charge < -0.3 is 4.79 Å². The first-order valence-corrected chi connectivity index (χ1v) is 5.28. The molecule has 0 spiro atoms. The summed E-state index contributed by atoms with van der Waals surface area (Å²) in [5.41, 5.74) is 2.34. The molecule has 1 heteroatoms. The minimum absolute atomic E-state index is 0.289. The predicted molar refractivity (Wildman–Crippen MR) is 66.7 cm³/mol. The van der Waals surface area contributed by atoms with E-state index in [1.54, 1.807) is 6.92 Å². The third kappa shape index (κ3) is 7.68. The second-order valence-corrected chi connectivity index (χ2v) is 3.60. The smallest absolute Gasteiger partial charge is 0.129 e. The molecule has 0 atom stereocenters. The number of carbonyl (C=O) groups is 1. The Morgan fingerprint density at radius 1 is 1.20 bits per heavy atom. The molecule has 0 radical (unpaired) electrons. The topological polar surface area (TPSA) is 17.1 Å². The van der Waals surface area contributed by atoms with Crippen molar-refractivity contribution in [1.82, 2.24) is 0 Å². The molecule has 0 fully saturated rings. The Morgan fingerprint density at radius 3 is 1.93 bits per heavy atom. The first kappa shape index (κ1) is 13.6. The molecule has 0 N–H and O–H groups in total. The summed E-state index contributed by atoms with van der Waals surface area (Å²) in [7, 11) is 0. The van der Waals surface area contributed by atoms with Gasteiger partial charge in [-0.3, -0.25) is 0 Å². The van der Waals surface area contributed by atoms with E-state index in [2.05, 4.69) is 18.7 Å². The molecule has 0 amide bonds. The fourth-order valence-electron chi connectivity index (χ4n) is 1.07. The molecule has 0 bridgehead atoms. The largest absolute Gasteiger partial charge is 0.300 e. The van der Waals surface area contributed by atoms with Crippen LogP contribution in [0.5, 0.6) is 0 Å². The minimum Gasteiger partial charge on any atom is -0.300 e. The average molecular weight is 204 g/mol. The van der Waals surface area contributed by atoms with Crippen LogP contribution in [0.15, 0.2) is 36.9 Å². The van der Waals surface area contributed by atoms with E-state index in [4.69, 9.17) is 0 Å². The zero-order valence-electron chi connectivity index (χ0n) is 9.92. The third-order valence-electron chi connectivity index (χ3n) is 1.87. The van der Waals surface area contributed by atoms with Crippen molar-refractivity contribution in [2.24, 2.45) is 0 Å². The van der Waals surface area contributed by atoms with Crippen LogP contribution < -0.4 is 0 Å². The van der Waals surface area contributed by atoms with E-state index in [1.165, 1.54) is 5.56 Å². The van der Waals surface area contributed by atoms with Gasteiger partial charge in [0.1, 0.15) is 5.78 Å². The van der Waals surface area contributed by atoms with Gasteiger partial charge in [0.25, 0.3) is 0 Å². The first-order valence-electron chi connectivity index (χ1n) is 5.28. The van der Waals surface area contributed by atoms with Crippen molar-refractivity contribution in [3.63, 3.8) is 0 Å². The fraction of sp³-hybridized carbons (Fsp3) is 0.357. The maximum Gasteiger partial charge on any atom is 0.129 e. The van der Waals surface area contributed by atoms with Crippen LogP contribution in [0.3, 0.4) is 0 Å². The average Bonchev–Trinajstić information content (AvgIpc) is 2.20. The number of ketones is 1. The molecule has 0 aliphatic carbocycles. The lowest BCUT2D eigenvalue weighted by Crippen LogP contribution is -1.84. The van der Waals surface area contributed by atoms with Gasteiger partial charge in [-0.15, -0.1) is 0 Å². The summed E-state index contributed by atoms with van der Waals surface area (Å²) in [4.78, 5) is 10.0. The summed E-state index contributed by atoms with van der Waals surface area (Å²) in [5, 5.41) is 0. The fourth-order valence-corrected chi connectivity index (χ4v) is 1.07. The van der Waals surface area contributed by atoms with Crippen molar-refractivity contribution in [3.05, 3.63) is 42.5 Å². The van der Waals surface area contributed by atoms with Gasteiger partial charge >= 0.3 is 0 Å². The maximum absolute atomic E-state index is 10.0. The van der Waals surface area contributed by atoms with Crippen molar-refractivity contribution >= 4 is 11.4 Å². The highest BCUT2D eigenvalue weighted by Crippen LogP contribution is 2.08. The highest BCUT2D eigenvalue weighted by molar-refractivity contribution is 5.75. The molecule has 82 valence electrons. The molecule has 0 aliphatic heterocycles. The maximum atomic E-state index is 10.0. The highest BCUT2D eigenvalue weighted by Gasteiger charge is 1.86. The van der Waals surface area contributed by atoms with Crippen molar-refractivity contribution in [3.8, 4) is 0 Å². The zero-order chi connectivity index (χ0) is 11.7. The molecule has 0 saturated heterocycles. The monoisotopic (exact) mass is 204 g/mol. The molecule has 1 nitrogen and oxygen atoms in total. The van der Waals surface area contributed by atoms with Gasteiger partial charge in [-0.2, -0.15) is 0 Å². The summed E-state index contributed by atoms with van der Waals surface area (Å²) in [5.74, 6) is 0.289. The summed E-state index contributed by atoms with van der Waals surface area (Å²) >= 11 is 0. The van der Waals surface area contributed by atoms with Gasteiger partial charge in [0.2, 0.25) is 0 Å². The van der Waals surface area contributed by atoms with Gasteiger partial charge in [-0.25, -0.2) is 0 Å². The van der Waals surface area contributed by atoms with Crippen molar-refractivity contribution in [2.45, 2.75) is 33.6 Å². The predicted octanol–water partition coefficient (Wildman–Crippen LogP) is 4.10. The van der Waals surface area contributed by atoms with E-state index < -0.39 is 0 Å². The van der Waals surface area contributed by atoms with E-state index in [9.17, 15) is 4.79 Å². The summed E-state index contributed by atoms with van der Waals surface area (Å²) in [6.45, 7) is 9.45. The minimum atomic E-state index is 0.289. The Balaban J connectivity index is 0.000000288. The van der Waals surface area contributed by atoms with Gasteiger partial charge in [0.15, 0.2) is 0 Å². The van der Waals surface area contributed by atoms with Crippen molar-refractivity contribution in [1.29, 1.82) is 0 Å². The summed E-state index contributed by atoms with van der Waals surface area (Å²) in [6, 6.07) is 10.2. The van der Waals surface area contributed by atoms with E-state index in [-0.39, 0.29) is 5.78 Å². The molecular weight excluding hydrogens is 184 g/mol. The lowest BCUT2D eigenvalue weighted by Gasteiger charge is -1.94. The van der Waals surface area contributed by atoms with Gasteiger partial charge in [-0.1, -0.05) is 49.4 Å². The Kier molecular flexibility index (Phi) is 7.25. The second kappa shape index (κ2) is 7.98. The normalized spacial score (nSPS) is 8.73. The number of rotatable bonds is 3. The van der Waals surface area contributed by atoms with Crippen LogP contribution in [-0.4, -0.2) is 5.78 Å². The quantitative estimate of drug-likeness (QED) is 0.724. The molecule has 1 rings (SSSR count). The van der Waals surface area contributed by atoms with Crippen LogP contribution in [-0.2, 0) is 4.79 Å². The molecule has 0 heterocycles. The number of Topliss-reactive ketones (excluding diaryl/α,β-unsaturated/α-hetero) is 1. The van der Waals surface area contributed by atoms with E-state index in [0.717, 1.165) is 18.4 Å². The number of allylic oxidation sites excluding steroid dienone is 1. The van der Waals surface area contributed by atoms with Crippen LogP contribution in [0, 0.1) is 0 Å². The molecule has 0 unspecified atom stereocenters. The van der Waals surface area contributed by atoms with E-state index >= 15 is 0 Å². The van der Waals surface area contributed by atoms with Crippen LogP contribution in [0.25, 0.3) is 5.57 Å². The number of hydrogen-bond acceptors (Lipinski definition) is 1. The van der Waals surface area contributed by atoms with Crippen LogP contribution >= 0.6 is 0 Å². The molecule has 0 aliphatic rings. The number of hydrogen-bond donors (Lipinski definition) is 0. The molecule has 1 aromatic carbocycles. The van der Waals surface area contributed by atoms with Crippen molar-refractivity contribution < 1.29 is 4.79 Å². The Bertz CT molecular complexity index is 298. The SMILES string of the molecule is C=C(C)c1ccccc1.CCCC(C)=O. The number of carbonyl (C=O) groups excluding carboxylic acids is 1. The summed E-state index contributed by atoms with van der Waals surface area (Å²) < 4.78 is 0. The van der Waals surface area contributed by atoms with E-state index in [1.807, 2.05) is 32.0 Å². The lowest BCUT2D eigenvalue weighted by molar-refractivity contribution is -0.117. The molecule has 1 aromatic rings. The van der Waals surface area contributed by atoms with Crippen LogP contribution in [0.4, 0.5) is 0 Å². The molecule has 0 saturated carbocycles. The Morgan fingerprint density at radius 2 is 1.73 bits per heavy atom. The van der Waals surface area contributed by atoms with Crippen LogP contribution in [0.2, 0.25) is 0 Å². The molecular formula is C14H20O. The second-order valence-electron chi connectivity index (χ2n) is 3.60.